The Balaban J connectivity index is 1.61. The lowest BCUT2D eigenvalue weighted by atomic mass is 10.1. The van der Waals surface area contributed by atoms with Gasteiger partial charge in [-0.3, -0.25) is 9.69 Å². The maximum absolute atomic E-state index is 12.1. The second kappa shape index (κ2) is 6.09. The summed E-state index contributed by atoms with van der Waals surface area (Å²) in [5.74, 6) is 0.271. The first-order valence-electron chi connectivity index (χ1n) is 7.14. The van der Waals surface area contributed by atoms with E-state index in [2.05, 4.69) is 21.3 Å². The molecule has 0 bridgehead atoms. The van der Waals surface area contributed by atoms with Gasteiger partial charge in [-0.1, -0.05) is 17.4 Å². The number of fused-ring (bicyclic) bond motifs is 1. The normalized spacial score (nSPS) is 19.2. The number of carbonyl (C=O) groups excluding carboxylic acids is 1. The minimum Gasteiger partial charge on any atom is -0.396 e. The van der Waals surface area contributed by atoms with Gasteiger partial charge in [0.1, 0.15) is 0 Å². The molecule has 1 fully saturated rings. The molecule has 5 nitrogen and oxygen atoms in total. The lowest BCUT2D eigenvalue weighted by Crippen LogP contribution is -2.31. The number of aryl methyl sites for hydroxylation is 1. The average Bonchev–Trinajstić information content (AvgIpc) is 3.04. The molecule has 1 amide bonds. The molecule has 1 aromatic carbocycles. The molecule has 1 atom stereocenters. The number of amides is 1. The fourth-order valence-corrected chi connectivity index (χ4v) is 3.63. The number of benzene rings is 1. The monoisotopic (exact) mass is 305 g/mol. The number of thiazole rings is 1. The van der Waals surface area contributed by atoms with Gasteiger partial charge in [0.15, 0.2) is 5.13 Å². The first-order chi connectivity index (χ1) is 10.1. The number of aliphatic hydroxyl groups is 1. The van der Waals surface area contributed by atoms with Crippen LogP contribution in [0.2, 0.25) is 0 Å². The Kier molecular flexibility index (Phi) is 4.19. The average molecular weight is 305 g/mol. The van der Waals surface area contributed by atoms with Crippen molar-refractivity contribution in [2.45, 2.75) is 13.3 Å². The lowest BCUT2D eigenvalue weighted by molar-refractivity contribution is -0.117. The summed E-state index contributed by atoms with van der Waals surface area (Å²) in [4.78, 5) is 18.6. The number of hydrogen-bond donors (Lipinski definition) is 2. The van der Waals surface area contributed by atoms with Crippen LogP contribution in [0.3, 0.4) is 0 Å². The van der Waals surface area contributed by atoms with Crippen molar-refractivity contribution in [3.63, 3.8) is 0 Å². The van der Waals surface area contributed by atoms with Crippen molar-refractivity contribution in [1.29, 1.82) is 0 Å². The van der Waals surface area contributed by atoms with Crippen LogP contribution < -0.4 is 5.32 Å². The summed E-state index contributed by atoms with van der Waals surface area (Å²) in [7, 11) is 0. The van der Waals surface area contributed by atoms with Crippen LogP contribution >= 0.6 is 11.3 Å². The van der Waals surface area contributed by atoms with E-state index in [0.717, 1.165) is 29.7 Å². The molecule has 2 N–H and O–H groups in total. The second-order valence-electron chi connectivity index (χ2n) is 5.61. The van der Waals surface area contributed by atoms with E-state index in [9.17, 15) is 4.79 Å². The Morgan fingerprint density at radius 3 is 3.19 bits per heavy atom. The Morgan fingerprint density at radius 2 is 2.43 bits per heavy atom. The van der Waals surface area contributed by atoms with Gasteiger partial charge >= 0.3 is 0 Å². The van der Waals surface area contributed by atoms with E-state index in [1.54, 1.807) is 0 Å². The first-order valence-corrected chi connectivity index (χ1v) is 7.96. The fraction of sp³-hybridized carbons (Fsp3) is 0.467. The molecule has 3 rings (SSSR count). The minimum atomic E-state index is -0.0376. The predicted octanol–water partition coefficient (Wildman–Crippen LogP) is 1.86. The van der Waals surface area contributed by atoms with E-state index >= 15 is 0 Å². The summed E-state index contributed by atoms with van der Waals surface area (Å²) < 4.78 is 1.09. The maximum Gasteiger partial charge on any atom is 0.240 e. The molecule has 2 aromatic rings. The zero-order chi connectivity index (χ0) is 14.8. The van der Waals surface area contributed by atoms with Gasteiger partial charge in [-0.15, -0.1) is 0 Å². The molecule has 1 unspecified atom stereocenters. The van der Waals surface area contributed by atoms with E-state index in [1.165, 1.54) is 16.9 Å². The van der Waals surface area contributed by atoms with E-state index < -0.39 is 0 Å². The zero-order valence-corrected chi connectivity index (χ0v) is 12.8. The van der Waals surface area contributed by atoms with Gasteiger partial charge in [-0.25, -0.2) is 4.98 Å². The molecule has 0 radical (unpaired) electrons. The molecule has 1 aromatic heterocycles. The molecule has 1 aliphatic heterocycles. The topological polar surface area (TPSA) is 65.5 Å². The number of anilines is 1. The summed E-state index contributed by atoms with van der Waals surface area (Å²) >= 11 is 1.50. The SMILES string of the molecule is Cc1ccc2nc(NC(=O)CN3CCC(CO)C3)sc2c1. The largest absolute Gasteiger partial charge is 0.396 e. The number of nitrogens with zero attached hydrogens (tertiary/aromatic N) is 2. The number of rotatable bonds is 4. The lowest BCUT2D eigenvalue weighted by Gasteiger charge is -2.14. The van der Waals surface area contributed by atoms with Gasteiger partial charge in [0.05, 0.1) is 16.8 Å². The smallest absolute Gasteiger partial charge is 0.240 e. The van der Waals surface area contributed by atoms with Crippen LogP contribution in [0.4, 0.5) is 5.13 Å². The van der Waals surface area contributed by atoms with E-state index in [-0.39, 0.29) is 12.5 Å². The first kappa shape index (κ1) is 14.4. The van der Waals surface area contributed by atoms with Gasteiger partial charge in [0.25, 0.3) is 0 Å². The van der Waals surface area contributed by atoms with Gasteiger partial charge in [-0.05, 0) is 43.5 Å². The molecule has 0 aliphatic carbocycles. The van der Waals surface area contributed by atoms with Crippen LogP contribution in [-0.2, 0) is 4.79 Å². The van der Waals surface area contributed by atoms with Crippen LogP contribution in [0.15, 0.2) is 18.2 Å². The highest BCUT2D eigenvalue weighted by Gasteiger charge is 2.23. The van der Waals surface area contributed by atoms with Crippen molar-refractivity contribution in [2.24, 2.45) is 5.92 Å². The highest BCUT2D eigenvalue weighted by Crippen LogP contribution is 2.26. The number of nitrogens with one attached hydrogen (secondary N) is 1. The molecule has 21 heavy (non-hydrogen) atoms. The number of carbonyl (C=O) groups is 1. The van der Waals surface area contributed by atoms with Crippen LogP contribution in [0.5, 0.6) is 0 Å². The number of hydrogen-bond acceptors (Lipinski definition) is 5. The second-order valence-corrected chi connectivity index (χ2v) is 6.64. The van der Waals surface area contributed by atoms with E-state index in [1.807, 2.05) is 19.1 Å². The van der Waals surface area contributed by atoms with Gasteiger partial charge in [0, 0.05) is 13.2 Å². The molecule has 1 aliphatic rings. The van der Waals surface area contributed by atoms with Gasteiger partial charge < -0.3 is 10.4 Å². The third kappa shape index (κ3) is 3.40. The van der Waals surface area contributed by atoms with E-state index in [4.69, 9.17) is 5.11 Å². The maximum atomic E-state index is 12.1. The minimum absolute atomic E-state index is 0.0376. The zero-order valence-electron chi connectivity index (χ0n) is 12.0. The molecular formula is C15H19N3O2S. The molecule has 1 saturated heterocycles. The number of aliphatic hydroxyl groups excluding tert-OH is 1. The highest BCUT2D eigenvalue weighted by atomic mass is 32.1. The summed E-state index contributed by atoms with van der Waals surface area (Å²) in [6, 6.07) is 6.07. The summed E-state index contributed by atoms with van der Waals surface area (Å²) in [6.07, 6.45) is 0.962. The van der Waals surface area contributed by atoms with Crippen LogP contribution in [-0.4, -0.2) is 47.1 Å². The Bertz CT molecular complexity index is 655. The van der Waals surface area contributed by atoms with Crippen molar-refractivity contribution in [1.82, 2.24) is 9.88 Å². The summed E-state index contributed by atoms with van der Waals surface area (Å²) in [5, 5.41) is 12.6. The van der Waals surface area contributed by atoms with Crippen LogP contribution in [0, 0.1) is 12.8 Å². The standard InChI is InChI=1S/C15H19N3O2S/c1-10-2-3-12-13(6-10)21-15(16-12)17-14(20)8-18-5-4-11(7-18)9-19/h2-3,6,11,19H,4-5,7-9H2,1H3,(H,16,17,20). The Labute approximate surface area is 127 Å². The molecule has 0 saturated carbocycles. The number of likely N-dealkylation sites (tertiary alicyclic amines) is 1. The highest BCUT2D eigenvalue weighted by molar-refractivity contribution is 7.22. The third-order valence-electron chi connectivity index (χ3n) is 3.79. The Morgan fingerprint density at radius 1 is 1.57 bits per heavy atom. The number of aromatic nitrogens is 1. The third-order valence-corrected chi connectivity index (χ3v) is 4.72. The van der Waals surface area contributed by atoms with Crippen molar-refractivity contribution in [2.75, 3.05) is 31.6 Å². The van der Waals surface area contributed by atoms with Gasteiger partial charge in [-0.2, -0.15) is 0 Å². The van der Waals surface area contributed by atoms with Crippen LogP contribution in [0.1, 0.15) is 12.0 Å². The predicted molar refractivity (Wildman–Crippen MR) is 84.6 cm³/mol. The van der Waals surface area contributed by atoms with Gasteiger partial charge in [0.2, 0.25) is 5.91 Å². The van der Waals surface area contributed by atoms with Crippen molar-refractivity contribution < 1.29 is 9.90 Å². The molecule has 0 spiro atoms. The fourth-order valence-electron chi connectivity index (χ4n) is 2.65. The molecule has 2 heterocycles. The molecule has 112 valence electrons. The van der Waals surface area contributed by atoms with Crippen molar-refractivity contribution in [3.8, 4) is 0 Å². The molecular weight excluding hydrogens is 286 g/mol. The van der Waals surface area contributed by atoms with Crippen LogP contribution in [0.25, 0.3) is 10.2 Å². The summed E-state index contributed by atoms with van der Waals surface area (Å²) in [5.41, 5.74) is 2.11. The van der Waals surface area contributed by atoms with E-state index in [0.29, 0.717) is 17.6 Å². The summed E-state index contributed by atoms with van der Waals surface area (Å²) in [6.45, 7) is 4.28. The van der Waals surface area contributed by atoms with Crippen molar-refractivity contribution >= 4 is 32.6 Å². The van der Waals surface area contributed by atoms with Crippen molar-refractivity contribution in [3.05, 3.63) is 23.8 Å². The quantitative estimate of drug-likeness (QED) is 0.905. The Hall–Kier alpha value is -1.50. The molecule has 6 heteroatoms.